The molecule has 6 nitrogen and oxygen atoms in total. The molecular formula is C14H23N5O. The van der Waals surface area contributed by atoms with Gasteiger partial charge in [-0.2, -0.15) is 10.1 Å². The highest BCUT2D eigenvalue weighted by atomic mass is 16.5. The molecule has 1 atom stereocenters. The van der Waals surface area contributed by atoms with E-state index in [9.17, 15) is 0 Å². The minimum atomic E-state index is 0.562. The zero-order valence-corrected chi connectivity index (χ0v) is 12.2. The number of aromatic nitrogens is 4. The monoisotopic (exact) mass is 277 g/mol. The molecule has 0 amide bonds. The molecule has 0 aliphatic heterocycles. The summed E-state index contributed by atoms with van der Waals surface area (Å²) < 4.78 is 7.02. The van der Waals surface area contributed by atoms with Crippen LogP contribution >= 0.6 is 0 Å². The predicted molar refractivity (Wildman–Crippen MR) is 76.9 cm³/mol. The molecule has 2 N–H and O–H groups in total. The molecular weight excluding hydrogens is 254 g/mol. The van der Waals surface area contributed by atoms with Crippen LogP contribution in [0.25, 0.3) is 11.5 Å². The fourth-order valence-corrected chi connectivity index (χ4v) is 2.40. The Balaban J connectivity index is 1.92. The van der Waals surface area contributed by atoms with Gasteiger partial charge in [0.1, 0.15) is 5.69 Å². The molecule has 2 aromatic rings. The highest BCUT2D eigenvalue weighted by Crippen LogP contribution is 2.19. The number of aryl methyl sites for hydroxylation is 2. The molecule has 0 fully saturated rings. The lowest BCUT2D eigenvalue weighted by Gasteiger charge is -2.13. The van der Waals surface area contributed by atoms with Crippen molar-refractivity contribution in [3.8, 4) is 11.5 Å². The van der Waals surface area contributed by atoms with Crippen molar-refractivity contribution >= 4 is 0 Å². The van der Waals surface area contributed by atoms with E-state index in [0.29, 0.717) is 17.6 Å². The minimum Gasteiger partial charge on any atom is -0.339 e. The second-order valence-electron chi connectivity index (χ2n) is 5.16. The summed E-state index contributed by atoms with van der Waals surface area (Å²) in [5, 5.41) is 8.25. The molecule has 110 valence electrons. The van der Waals surface area contributed by atoms with Gasteiger partial charge in [0.05, 0.1) is 0 Å². The normalized spacial score (nSPS) is 12.8. The molecule has 0 aliphatic rings. The van der Waals surface area contributed by atoms with Crippen molar-refractivity contribution in [1.82, 2.24) is 19.9 Å². The Morgan fingerprint density at radius 3 is 2.85 bits per heavy atom. The topological polar surface area (TPSA) is 82.8 Å². The van der Waals surface area contributed by atoms with E-state index in [1.54, 1.807) is 4.68 Å². The van der Waals surface area contributed by atoms with Gasteiger partial charge in [0.15, 0.2) is 0 Å². The predicted octanol–water partition coefficient (Wildman–Crippen LogP) is 2.17. The lowest BCUT2D eigenvalue weighted by atomic mass is 9.94. The minimum absolute atomic E-state index is 0.562. The van der Waals surface area contributed by atoms with Crippen LogP contribution in [0.1, 0.15) is 38.5 Å². The van der Waals surface area contributed by atoms with E-state index in [1.807, 2.05) is 19.3 Å². The molecule has 0 radical (unpaired) electrons. The summed E-state index contributed by atoms with van der Waals surface area (Å²) in [6, 6.07) is 1.88. The quantitative estimate of drug-likeness (QED) is 0.799. The molecule has 0 spiro atoms. The Kier molecular flexibility index (Phi) is 5.29. The molecule has 2 aromatic heterocycles. The van der Waals surface area contributed by atoms with Gasteiger partial charge >= 0.3 is 0 Å². The summed E-state index contributed by atoms with van der Waals surface area (Å²) in [5.74, 6) is 1.89. The highest BCUT2D eigenvalue weighted by Gasteiger charge is 2.13. The van der Waals surface area contributed by atoms with Gasteiger partial charge in [-0.15, -0.1) is 0 Å². The molecule has 0 bridgehead atoms. The molecule has 20 heavy (non-hydrogen) atoms. The van der Waals surface area contributed by atoms with Gasteiger partial charge < -0.3 is 10.3 Å². The van der Waals surface area contributed by atoms with Gasteiger partial charge in [-0.25, -0.2) is 0 Å². The molecule has 2 heterocycles. The number of hydrogen-bond acceptors (Lipinski definition) is 5. The van der Waals surface area contributed by atoms with Crippen molar-refractivity contribution in [1.29, 1.82) is 0 Å². The van der Waals surface area contributed by atoms with Crippen LogP contribution in [0.4, 0.5) is 0 Å². The largest absolute Gasteiger partial charge is 0.339 e. The molecule has 0 aliphatic carbocycles. The fraction of sp³-hybridized carbons (Fsp3) is 0.643. The van der Waals surface area contributed by atoms with Crippen molar-refractivity contribution in [2.75, 3.05) is 6.54 Å². The summed E-state index contributed by atoms with van der Waals surface area (Å²) in [6.07, 6.45) is 7.19. The number of hydrogen-bond donors (Lipinski definition) is 1. The zero-order valence-electron chi connectivity index (χ0n) is 12.2. The summed E-state index contributed by atoms with van der Waals surface area (Å²) in [6.45, 7) is 2.95. The smallest absolute Gasteiger partial charge is 0.227 e. The Morgan fingerprint density at radius 2 is 2.20 bits per heavy atom. The van der Waals surface area contributed by atoms with Crippen LogP contribution in [0.3, 0.4) is 0 Å². The van der Waals surface area contributed by atoms with Gasteiger partial charge in [-0.3, -0.25) is 4.68 Å². The van der Waals surface area contributed by atoms with Gasteiger partial charge in [-0.05, 0) is 31.4 Å². The maximum atomic E-state index is 5.65. The second-order valence-corrected chi connectivity index (χ2v) is 5.16. The van der Waals surface area contributed by atoms with Crippen LogP contribution < -0.4 is 5.73 Å². The fourth-order valence-electron chi connectivity index (χ4n) is 2.40. The first-order valence-corrected chi connectivity index (χ1v) is 7.25. The van der Waals surface area contributed by atoms with E-state index < -0.39 is 0 Å². The van der Waals surface area contributed by atoms with E-state index >= 15 is 0 Å². The van der Waals surface area contributed by atoms with Gasteiger partial charge in [-0.1, -0.05) is 24.9 Å². The summed E-state index contributed by atoms with van der Waals surface area (Å²) in [7, 11) is 1.87. The molecule has 0 saturated carbocycles. The van der Waals surface area contributed by atoms with Crippen molar-refractivity contribution in [3.63, 3.8) is 0 Å². The van der Waals surface area contributed by atoms with Crippen LogP contribution in [-0.4, -0.2) is 26.5 Å². The first-order valence-electron chi connectivity index (χ1n) is 7.25. The Labute approximate surface area is 119 Å². The van der Waals surface area contributed by atoms with E-state index in [0.717, 1.165) is 31.5 Å². The van der Waals surface area contributed by atoms with Crippen molar-refractivity contribution < 1.29 is 4.52 Å². The van der Waals surface area contributed by atoms with Crippen LogP contribution in [0, 0.1) is 5.92 Å². The zero-order chi connectivity index (χ0) is 14.4. The van der Waals surface area contributed by atoms with Crippen LogP contribution in [-0.2, 0) is 13.5 Å². The standard InChI is InChI=1S/C14H23N5O/c1-3-4-11(7-9-15)5-6-13-16-14(18-20-13)12-8-10-19(2)17-12/h8,10-11H,3-7,9,15H2,1-2H3. The van der Waals surface area contributed by atoms with Crippen molar-refractivity contribution in [2.45, 2.75) is 39.0 Å². The third-order valence-electron chi connectivity index (χ3n) is 3.45. The number of nitrogens with two attached hydrogens (primary N) is 1. The molecule has 1 unspecified atom stereocenters. The highest BCUT2D eigenvalue weighted by molar-refractivity contribution is 5.46. The first kappa shape index (κ1) is 14.7. The Bertz CT molecular complexity index is 513. The van der Waals surface area contributed by atoms with Gasteiger partial charge in [0.2, 0.25) is 11.7 Å². The van der Waals surface area contributed by atoms with Gasteiger partial charge in [0.25, 0.3) is 0 Å². The average Bonchev–Trinajstić information content (AvgIpc) is 3.05. The second kappa shape index (κ2) is 7.19. The maximum absolute atomic E-state index is 5.65. The van der Waals surface area contributed by atoms with E-state index in [1.165, 1.54) is 12.8 Å². The molecule has 2 rings (SSSR count). The maximum Gasteiger partial charge on any atom is 0.227 e. The third-order valence-corrected chi connectivity index (χ3v) is 3.45. The van der Waals surface area contributed by atoms with E-state index in [4.69, 9.17) is 10.3 Å². The molecule has 0 aromatic carbocycles. The van der Waals surface area contributed by atoms with E-state index in [2.05, 4.69) is 22.2 Å². The molecule has 0 saturated heterocycles. The Morgan fingerprint density at radius 1 is 1.35 bits per heavy atom. The van der Waals surface area contributed by atoms with Crippen LogP contribution in [0.15, 0.2) is 16.8 Å². The van der Waals surface area contributed by atoms with Crippen LogP contribution in [0.2, 0.25) is 0 Å². The van der Waals surface area contributed by atoms with Gasteiger partial charge in [0, 0.05) is 19.7 Å². The summed E-state index contributed by atoms with van der Waals surface area (Å²) in [5.41, 5.74) is 6.39. The average molecular weight is 277 g/mol. The summed E-state index contributed by atoms with van der Waals surface area (Å²) in [4.78, 5) is 4.40. The SMILES string of the molecule is CCCC(CCN)CCc1nc(-c2ccn(C)n2)no1. The van der Waals surface area contributed by atoms with Crippen molar-refractivity contribution in [3.05, 3.63) is 18.2 Å². The first-order chi connectivity index (χ1) is 9.72. The lowest BCUT2D eigenvalue weighted by Crippen LogP contribution is -2.09. The van der Waals surface area contributed by atoms with Crippen LogP contribution in [0.5, 0.6) is 0 Å². The number of nitrogens with zero attached hydrogens (tertiary/aromatic N) is 4. The lowest BCUT2D eigenvalue weighted by molar-refractivity contribution is 0.349. The molecule has 6 heteroatoms. The Hall–Kier alpha value is -1.69. The van der Waals surface area contributed by atoms with Crippen molar-refractivity contribution in [2.24, 2.45) is 18.7 Å². The summed E-state index contributed by atoms with van der Waals surface area (Å²) >= 11 is 0. The number of rotatable bonds is 8. The third kappa shape index (κ3) is 3.90. The van der Waals surface area contributed by atoms with E-state index in [-0.39, 0.29) is 0 Å².